The van der Waals surface area contributed by atoms with Crippen molar-refractivity contribution in [3.8, 4) is 11.5 Å². The summed E-state index contributed by atoms with van der Waals surface area (Å²) in [4.78, 5) is 0.966. The van der Waals surface area contributed by atoms with Crippen LogP contribution in [0.1, 0.15) is 16.5 Å². The average molecular weight is 282 g/mol. The van der Waals surface area contributed by atoms with E-state index >= 15 is 0 Å². The first-order valence-electron chi connectivity index (χ1n) is 5.64. The molecular formula is C13H12ClNO2S. The summed E-state index contributed by atoms with van der Waals surface area (Å²) < 4.78 is 11.0. The summed E-state index contributed by atoms with van der Waals surface area (Å²) in [5.41, 5.74) is 7.20. The first-order chi connectivity index (χ1) is 8.75. The quantitative estimate of drug-likeness (QED) is 0.919. The van der Waals surface area contributed by atoms with Gasteiger partial charge in [-0.25, -0.2) is 0 Å². The minimum atomic E-state index is -0.228. The molecular weight excluding hydrogens is 270 g/mol. The third kappa shape index (κ3) is 2.07. The molecule has 1 aromatic heterocycles. The monoisotopic (exact) mass is 281 g/mol. The largest absolute Gasteiger partial charge is 0.486 e. The van der Waals surface area contributed by atoms with Gasteiger partial charge in [0.15, 0.2) is 11.5 Å². The van der Waals surface area contributed by atoms with Crippen LogP contribution in [-0.2, 0) is 0 Å². The highest BCUT2D eigenvalue weighted by Crippen LogP contribution is 2.36. The van der Waals surface area contributed by atoms with Crippen molar-refractivity contribution in [2.24, 2.45) is 5.73 Å². The third-order valence-corrected chi connectivity index (χ3v) is 4.29. The third-order valence-electron chi connectivity index (χ3n) is 2.85. The van der Waals surface area contributed by atoms with Crippen molar-refractivity contribution >= 4 is 22.9 Å². The Labute approximate surface area is 114 Å². The van der Waals surface area contributed by atoms with Gasteiger partial charge in [-0.2, -0.15) is 0 Å². The van der Waals surface area contributed by atoms with Crippen LogP contribution in [0.5, 0.6) is 11.5 Å². The summed E-state index contributed by atoms with van der Waals surface area (Å²) in [6.45, 7) is 1.17. The van der Waals surface area contributed by atoms with E-state index in [1.165, 1.54) is 0 Å². The first-order valence-corrected chi connectivity index (χ1v) is 6.89. The van der Waals surface area contributed by atoms with Crippen molar-refractivity contribution in [1.82, 2.24) is 0 Å². The smallest absolute Gasteiger partial charge is 0.161 e. The minimum Gasteiger partial charge on any atom is -0.486 e. The topological polar surface area (TPSA) is 44.5 Å². The van der Waals surface area contributed by atoms with E-state index in [2.05, 4.69) is 0 Å². The highest BCUT2D eigenvalue weighted by molar-refractivity contribution is 7.10. The van der Waals surface area contributed by atoms with Gasteiger partial charge < -0.3 is 15.2 Å². The van der Waals surface area contributed by atoms with Gasteiger partial charge in [-0.1, -0.05) is 17.7 Å². The van der Waals surface area contributed by atoms with Crippen LogP contribution in [0.25, 0.3) is 0 Å². The number of hydrogen-bond donors (Lipinski definition) is 1. The first kappa shape index (κ1) is 11.8. The maximum absolute atomic E-state index is 6.22. The molecule has 1 unspecified atom stereocenters. The van der Waals surface area contributed by atoms with E-state index in [9.17, 15) is 0 Å². The number of ether oxygens (including phenoxy) is 2. The molecule has 0 fully saturated rings. The maximum atomic E-state index is 6.22. The van der Waals surface area contributed by atoms with Crippen molar-refractivity contribution in [3.05, 3.63) is 45.1 Å². The van der Waals surface area contributed by atoms with Gasteiger partial charge >= 0.3 is 0 Å². The second kappa shape index (κ2) is 4.80. The van der Waals surface area contributed by atoms with Gasteiger partial charge in [0.05, 0.1) is 11.1 Å². The van der Waals surface area contributed by atoms with Gasteiger partial charge in [0, 0.05) is 4.88 Å². The number of fused-ring (bicyclic) bond motifs is 1. The van der Waals surface area contributed by atoms with E-state index in [1.54, 1.807) is 11.3 Å². The highest BCUT2D eigenvalue weighted by atomic mass is 35.5. The molecule has 0 amide bonds. The van der Waals surface area contributed by atoms with Gasteiger partial charge in [0.2, 0.25) is 0 Å². The van der Waals surface area contributed by atoms with E-state index in [-0.39, 0.29) is 6.04 Å². The zero-order valence-corrected chi connectivity index (χ0v) is 11.1. The van der Waals surface area contributed by atoms with Gasteiger partial charge in [0.1, 0.15) is 13.2 Å². The Morgan fingerprint density at radius 3 is 2.67 bits per heavy atom. The van der Waals surface area contributed by atoms with Crippen LogP contribution in [0.3, 0.4) is 0 Å². The normalized spacial score (nSPS) is 15.4. The Morgan fingerprint density at radius 2 is 1.94 bits per heavy atom. The summed E-state index contributed by atoms with van der Waals surface area (Å²) >= 11 is 7.66. The molecule has 1 aromatic carbocycles. The summed E-state index contributed by atoms with van der Waals surface area (Å²) in [5.74, 6) is 1.52. The van der Waals surface area contributed by atoms with Gasteiger partial charge in [-0.05, 0) is 29.1 Å². The zero-order valence-electron chi connectivity index (χ0n) is 9.56. The highest BCUT2D eigenvalue weighted by Gasteiger charge is 2.18. The van der Waals surface area contributed by atoms with Crippen LogP contribution in [-0.4, -0.2) is 13.2 Å². The Hall–Kier alpha value is -1.23. The number of rotatable bonds is 2. The standard InChI is InChI=1S/C13H12ClNO2S/c14-9-3-6-18-13(9)12(15)8-1-2-10-11(7-8)17-5-4-16-10/h1-3,6-7,12H,4-5,15H2. The molecule has 94 valence electrons. The second-order valence-electron chi connectivity index (χ2n) is 4.01. The lowest BCUT2D eigenvalue weighted by Crippen LogP contribution is -2.17. The zero-order chi connectivity index (χ0) is 12.5. The van der Waals surface area contributed by atoms with Crippen molar-refractivity contribution in [1.29, 1.82) is 0 Å². The fourth-order valence-electron chi connectivity index (χ4n) is 1.93. The molecule has 2 aromatic rings. The molecule has 0 saturated heterocycles. The number of benzene rings is 1. The molecule has 0 saturated carbocycles. The SMILES string of the molecule is NC(c1ccc2c(c1)OCCO2)c1sccc1Cl. The second-order valence-corrected chi connectivity index (χ2v) is 5.37. The molecule has 0 radical (unpaired) electrons. The van der Waals surface area contributed by atoms with Gasteiger partial charge in [0.25, 0.3) is 0 Å². The maximum Gasteiger partial charge on any atom is 0.161 e. The molecule has 3 nitrogen and oxygen atoms in total. The Morgan fingerprint density at radius 1 is 1.17 bits per heavy atom. The molecule has 18 heavy (non-hydrogen) atoms. The van der Waals surface area contributed by atoms with Crippen LogP contribution in [0.15, 0.2) is 29.6 Å². The van der Waals surface area contributed by atoms with Crippen LogP contribution < -0.4 is 15.2 Å². The predicted molar refractivity (Wildman–Crippen MR) is 72.8 cm³/mol. The minimum absolute atomic E-state index is 0.228. The number of hydrogen-bond acceptors (Lipinski definition) is 4. The summed E-state index contributed by atoms with van der Waals surface area (Å²) in [5, 5.41) is 2.65. The molecule has 3 rings (SSSR count). The summed E-state index contributed by atoms with van der Waals surface area (Å²) in [6.07, 6.45) is 0. The molecule has 1 atom stereocenters. The molecule has 1 aliphatic rings. The lowest BCUT2D eigenvalue weighted by atomic mass is 10.1. The van der Waals surface area contributed by atoms with E-state index in [0.29, 0.717) is 18.2 Å². The summed E-state index contributed by atoms with van der Waals surface area (Å²) in [7, 11) is 0. The van der Waals surface area contributed by atoms with Crippen LogP contribution in [0, 0.1) is 0 Å². The summed E-state index contributed by atoms with van der Waals surface area (Å²) in [6, 6.07) is 7.40. The molecule has 0 aliphatic carbocycles. The van der Waals surface area contributed by atoms with Crippen molar-refractivity contribution < 1.29 is 9.47 Å². The Kier molecular flexibility index (Phi) is 3.16. The van der Waals surface area contributed by atoms with Crippen LogP contribution in [0.4, 0.5) is 0 Å². The number of thiophene rings is 1. The van der Waals surface area contributed by atoms with Crippen LogP contribution >= 0.6 is 22.9 Å². The van der Waals surface area contributed by atoms with Crippen LogP contribution in [0.2, 0.25) is 5.02 Å². The fourth-order valence-corrected chi connectivity index (χ4v) is 3.14. The number of nitrogens with two attached hydrogens (primary N) is 1. The number of halogens is 1. The van der Waals surface area contributed by atoms with E-state index in [0.717, 1.165) is 21.9 Å². The van der Waals surface area contributed by atoms with Gasteiger partial charge in [-0.3, -0.25) is 0 Å². The Balaban J connectivity index is 1.95. The predicted octanol–water partition coefficient (Wildman–Crippen LogP) is 3.22. The molecule has 2 N–H and O–H groups in total. The molecule has 0 bridgehead atoms. The van der Waals surface area contributed by atoms with Crippen molar-refractivity contribution in [3.63, 3.8) is 0 Å². The van der Waals surface area contributed by atoms with Crippen molar-refractivity contribution in [2.75, 3.05) is 13.2 Å². The lowest BCUT2D eigenvalue weighted by Gasteiger charge is -2.20. The molecule has 2 heterocycles. The van der Waals surface area contributed by atoms with E-state index in [4.69, 9.17) is 26.8 Å². The molecule has 1 aliphatic heterocycles. The van der Waals surface area contributed by atoms with E-state index in [1.807, 2.05) is 29.6 Å². The lowest BCUT2D eigenvalue weighted by molar-refractivity contribution is 0.171. The fraction of sp³-hybridized carbons (Fsp3) is 0.231. The molecule has 0 spiro atoms. The van der Waals surface area contributed by atoms with Gasteiger partial charge in [-0.15, -0.1) is 11.3 Å². The average Bonchev–Trinajstić information content (AvgIpc) is 2.83. The Bertz CT molecular complexity index is 570. The van der Waals surface area contributed by atoms with E-state index < -0.39 is 0 Å². The molecule has 5 heteroatoms. The van der Waals surface area contributed by atoms with Crippen molar-refractivity contribution in [2.45, 2.75) is 6.04 Å².